The summed E-state index contributed by atoms with van der Waals surface area (Å²) in [5.41, 5.74) is 2.08. The largest absolute Gasteiger partial charge is 0.508 e. The number of pyridine rings is 1. The molecule has 150 valence electrons. The third kappa shape index (κ3) is 4.15. The predicted octanol–water partition coefficient (Wildman–Crippen LogP) is 4.34. The molecule has 2 N–H and O–H groups in total. The number of phenolic OH excluding ortho intramolecular Hbond substituents is 1. The summed E-state index contributed by atoms with van der Waals surface area (Å²) in [5, 5.41) is 13.2. The first-order valence-corrected chi connectivity index (χ1v) is 9.22. The number of benzene rings is 2. The van der Waals surface area contributed by atoms with E-state index in [-0.39, 0.29) is 16.9 Å². The van der Waals surface area contributed by atoms with E-state index in [0.717, 1.165) is 5.69 Å². The monoisotopic (exact) mass is 401 g/mol. The fraction of sp³-hybridized carbons (Fsp3) is 0.0870. The highest BCUT2D eigenvalue weighted by Gasteiger charge is 2.14. The van der Waals surface area contributed by atoms with Crippen LogP contribution in [-0.4, -0.2) is 23.1 Å². The average Bonchev–Trinajstić information content (AvgIpc) is 2.73. The summed E-state index contributed by atoms with van der Waals surface area (Å²) >= 11 is 0. The molecule has 2 aromatic heterocycles. The molecule has 0 atom stereocenters. The molecule has 0 saturated carbocycles. The van der Waals surface area contributed by atoms with Crippen molar-refractivity contribution in [3.63, 3.8) is 0 Å². The number of nitrogens with zero attached hydrogens (tertiary/aromatic N) is 2. The van der Waals surface area contributed by atoms with Crippen molar-refractivity contribution in [3.05, 3.63) is 83.5 Å². The minimum absolute atomic E-state index is 0.0553. The molecule has 0 aliphatic heterocycles. The van der Waals surface area contributed by atoms with Gasteiger partial charge in [0.05, 0.1) is 12.8 Å². The number of ether oxygens (including phenoxy) is 1. The van der Waals surface area contributed by atoms with Crippen molar-refractivity contribution in [2.24, 2.45) is 4.99 Å². The van der Waals surface area contributed by atoms with Crippen LogP contribution in [0.4, 0.5) is 11.5 Å². The number of aromatic hydroxyl groups is 1. The number of carbonyl (C=O) groups excluding carboxylic acids is 1. The van der Waals surface area contributed by atoms with Gasteiger partial charge in [-0.15, -0.1) is 0 Å². The van der Waals surface area contributed by atoms with Crippen LogP contribution in [0.3, 0.4) is 0 Å². The molecular formula is C23H19N3O4. The number of fused-ring (bicyclic) bond motifs is 1. The predicted molar refractivity (Wildman–Crippen MR) is 113 cm³/mol. The minimum Gasteiger partial charge on any atom is -0.508 e. The van der Waals surface area contributed by atoms with Crippen molar-refractivity contribution in [2.45, 2.75) is 6.92 Å². The zero-order chi connectivity index (χ0) is 21.1. The van der Waals surface area contributed by atoms with Gasteiger partial charge in [-0.3, -0.25) is 4.79 Å². The number of amides is 1. The molecule has 4 aromatic rings. The maximum absolute atomic E-state index is 13.0. The molecule has 0 aliphatic carbocycles. The van der Waals surface area contributed by atoms with Gasteiger partial charge in [0.15, 0.2) is 0 Å². The zero-order valence-corrected chi connectivity index (χ0v) is 16.4. The van der Waals surface area contributed by atoms with Gasteiger partial charge >= 0.3 is 0 Å². The number of aromatic nitrogens is 1. The van der Waals surface area contributed by atoms with Crippen LogP contribution in [0.1, 0.15) is 16.1 Å². The van der Waals surface area contributed by atoms with Crippen LogP contribution in [0, 0.1) is 6.92 Å². The summed E-state index contributed by atoms with van der Waals surface area (Å²) in [7, 11) is 1.57. The van der Waals surface area contributed by atoms with Gasteiger partial charge < -0.3 is 19.6 Å². The maximum atomic E-state index is 13.0. The Balaban J connectivity index is 1.85. The van der Waals surface area contributed by atoms with Crippen molar-refractivity contribution in [1.82, 2.24) is 4.98 Å². The summed E-state index contributed by atoms with van der Waals surface area (Å²) in [4.78, 5) is 21.8. The van der Waals surface area contributed by atoms with Gasteiger partial charge in [-0.05, 0) is 49.4 Å². The quantitative estimate of drug-likeness (QED) is 0.530. The standard InChI is InChI=1S/C23H19N3O4/c1-14-5-3-8-21(24-14)26-22(28)19-11-15-9-10-17(27)13-20(15)30-23(19)25-16-6-4-7-18(12-16)29-2/h3-13,27H,1-2H3,(H,24,26,28). The van der Waals surface area contributed by atoms with Crippen LogP contribution in [0.2, 0.25) is 0 Å². The number of rotatable bonds is 4. The molecule has 7 nitrogen and oxygen atoms in total. The molecule has 0 bridgehead atoms. The Kier molecular flexibility index (Phi) is 5.17. The number of phenols is 1. The van der Waals surface area contributed by atoms with E-state index in [2.05, 4.69) is 15.3 Å². The highest BCUT2D eigenvalue weighted by Crippen LogP contribution is 2.22. The van der Waals surface area contributed by atoms with E-state index in [1.807, 2.05) is 19.1 Å². The summed E-state index contributed by atoms with van der Waals surface area (Å²) in [5.74, 6) is 0.705. The first kappa shape index (κ1) is 19.2. The molecule has 2 aromatic carbocycles. The third-order valence-corrected chi connectivity index (χ3v) is 4.39. The minimum atomic E-state index is -0.409. The fourth-order valence-corrected chi connectivity index (χ4v) is 2.95. The Hall–Kier alpha value is -4.13. The van der Waals surface area contributed by atoms with Crippen molar-refractivity contribution < 1.29 is 19.1 Å². The van der Waals surface area contributed by atoms with Crippen LogP contribution >= 0.6 is 0 Å². The van der Waals surface area contributed by atoms with Crippen molar-refractivity contribution in [2.75, 3.05) is 12.4 Å². The second kappa shape index (κ2) is 8.08. The lowest BCUT2D eigenvalue weighted by Crippen LogP contribution is -2.22. The van der Waals surface area contributed by atoms with E-state index in [4.69, 9.17) is 9.15 Å². The van der Waals surface area contributed by atoms with Crippen LogP contribution in [0.15, 0.2) is 76.1 Å². The molecule has 30 heavy (non-hydrogen) atoms. The van der Waals surface area contributed by atoms with Gasteiger partial charge in [-0.1, -0.05) is 12.1 Å². The summed E-state index contributed by atoms with van der Waals surface area (Å²) in [6.07, 6.45) is 0. The highest BCUT2D eigenvalue weighted by molar-refractivity contribution is 6.05. The molecule has 0 spiro atoms. The normalized spacial score (nSPS) is 11.5. The SMILES string of the molecule is COc1cccc(N=c2oc3cc(O)ccc3cc2C(=O)Nc2cccc(C)n2)c1. The van der Waals surface area contributed by atoms with E-state index >= 15 is 0 Å². The molecule has 0 unspecified atom stereocenters. The Morgan fingerprint density at radius 1 is 1.10 bits per heavy atom. The summed E-state index contributed by atoms with van der Waals surface area (Å²) in [6.45, 7) is 1.84. The van der Waals surface area contributed by atoms with Crippen molar-refractivity contribution >= 4 is 28.4 Å². The Morgan fingerprint density at radius 3 is 2.73 bits per heavy atom. The summed E-state index contributed by atoms with van der Waals surface area (Å²) < 4.78 is 11.1. The van der Waals surface area contributed by atoms with E-state index in [9.17, 15) is 9.90 Å². The first-order chi connectivity index (χ1) is 14.5. The van der Waals surface area contributed by atoms with Gasteiger partial charge in [-0.25, -0.2) is 9.98 Å². The van der Waals surface area contributed by atoms with E-state index in [1.165, 1.54) is 12.1 Å². The molecule has 1 amide bonds. The van der Waals surface area contributed by atoms with Crippen LogP contribution in [0.25, 0.3) is 11.0 Å². The molecule has 0 saturated heterocycles. The smallest absolute Gasteiger partial charge is 0.262 e. The number of carbonyl (C=O) groups is 1. The molecule has 4 rings (SSSR count). The maximum Gasteiger partial charge on any atom is 0.262 e. The van der Waals surface area contributed by atoms with Crippen LogP contribution in [0.5, 0.6) is 11.5 Å². The van der Waals surface area contributed by atoms with Crippen molar-refractivity contribution in [3.8, 4) is 11.5 Å². The van der Waals surface area contributed by atoms with E-state index in [1.54, 1.807) is 49.6 Å². The van der Waals surface area contributed by atoms with E-state index in [0.29, 0.717) is 28.2 Å². The van der Waals surface area contributed by atoms with Gasteiger partial charge in [0.2, 0.25) is 5.55 Å². The van der Waals surface area contributed by atoms with Crippen molar-refractivity contribution in [1.29, 1.82) is 0 Å². The number of aryl methyl sites for hydroxylation is 1. The first-order valence-electron chi connectivity index (χ1n) is 9.22. The lowest BCUT2D eigenvalue weighted by Gasteiger charge is -2.07. The lowest BCUT2D eigenvalue weighted by molar-refractivity contribution is 0.102. The zero-order valence-electron chi connectivity index (χ0n) is 16.4. The molecule has 0 radical (unpaired) electrons. The summed E-state index contributed by atoms with van der Waals surface area (Å²) in [6, 6.07) is 18.8. The van der Waals surface area contributed by atoms with Gasteiger partial charge in [0.1, 0.15) is 28.5 Å². The molecule has 0 fully saturated rings. The highest BCUT2D eigenvalue weighted by atomic mass is 16.5. The molecule has 2 heterocycles. The second-order valence-electron chi connectivity index (χ2n) is 6.62. The van der Waals surface area contributed by atoms with Crippen LogP contribution < -0.4 is 15.6 Å². The third-order valence-electron chi connectivity index (χ3n) is 4.39. The number of hydrogen-bond acceptors (Lipinski definition) is 6. The molecule has 0 aliphatic rings. The lowest BCUT2D eigenvalue weighted by atomic mass is 10.1. The second-order valence-corrected chi connectivity index (χ2v) is 6.62. The number of hydrogen-bond donors (Lipinski definition) is 2. The number of methoxy groups -OCH3 is 1. The van der Waals surface area contributed by atoms with Gasteiger partial charge in [-0.2, -0.15) is 0 Å². The Bertz CT molecular complexity index is 1310. The Morgan fingerprint density at radius 2 is 1.93 bits per heavy atom. The van der Waals surface area contributed by atoms with E-state index < -0.39 is 5.91 Å². The van der Waals surface area contributed by atoms with Crippen LogP contribution in [-0.2, 0) is 0 Å². The average molecular weight is 401 g/mol. The van der Waals surface area contributed by atoms with Gasteiger partial charge in [0.25, 0.3) is 5.91 Å². The Labute approximate surface area is 172 Å². The number of anilines is 1. The number of nitrogens with one attached hydrogen (secondary N) is 1. The van der Waals surface area contributed by atoms with Gasteiger partial charge in [0, 0.05) is 23.2 Å². The fourth-order valence-electron chi connectivity index (χ4n) is 2.95. The topological polar surface area (TPSA) is 97.0 Å². The molecule has 7 heteroatoms. The molecular weight excluding hydrogens is 382 g/mol.